The zero-order valence-corrected chi connectivity index (χ0v) is 27.3. The van der Waals surface area contributed by atoms with E-state index in [1.165, 1.54) is 91.0 Å². The second-order valence-corrected chi connectivity index (χ2v) is 11.6. The molecule has 12 nitrogen and oxygen atoms in total. The lowest BCUT2D eigenvalue weighted by molar-refractivity contribution is -0.302. The average molecular weight is 728 g/mol. The number of alkyl halides is 3. The maximum absolute atomic E-state index is 15.9. The summed E-state index contributed by atoms with van der Waals surface area (Å²) in [5.74, 6) is -4.72. The zero-order valence-electron chi connectivity index (χ0n) is 27.3. The third kappa shape index (κ3) is 7.69. The van der Waals surface area contributed by atoms with Crippen molar-refractivity contribution in [2.45, 2.75) is 30.2 Å². The molecule has 4 atom stereocenters. The number of aromatic nitrogens is 2. The fourth-order valence-electron chi connectivity index (χ4n) is 5.58. The summed E-state index contributed by atoms with van der Waals surface area (Å²) in [4.78, 5) is 69.9. The Morgan fingerprint density at radius 2 is 1.21 bits per heavy atom. The molecular weight excluding hydrogens is 699 g/mol. The van der Waals surface area contributed by atoms with Gasteiger partial charge in [-0.3, -0.25) is 9.36 Å². The number of anilines is 1. The van der Waals surface area contributed by atoms with Crippen LogP contribution in [0.2, 0.25) is 0 Å². The van der Waals surface area contributed by atoms with E-state index in [0.717, 1.165) is 12.3 Å². The van der Waals surface area contributed by atoms with Crippen LogP contribution in [0.4, 0.5) is 19.0 Å². The van der Waals surface area contributed by atoms with E-state index in [9.17, 15) is 24.0 Å². The van der Waals surface area contributed by atoms with Crippen LogP contribution in [0, 0.1) is 0 Å². The molecule has 1 fully saturated rings. The number of nitrogens with zero attached hydrogens (tertiary/aromatic N) is 2. The number of halogens is 3. The van der Waals surface area contributed by atoms with Crippen LogP contribution in [-0.4, -0.2) is 64.0 Å². The molecule has 15 heteroatoms. The van der Waals surface area contributed by atoms with Crippen molar-refractivity contribution in [3.8, 4) is 0 Å². The summed E-state index contributed by atoms with van der Waals surface area (Å²) >= 11 is 0. The minimum absolute atomic E-state index is 0.0472. The van der Waals surface area contributed by atoms with Crippen molar-refractivity contribution >= 4 is 29.6 Å². The molecule has 5 aromatic rings. The summed E-state index contributed by atoms with van der Waals surface area (Å²) in [7, 11) is 0. The Morgan fingerprint density at radius 1 is 0.717 bits per heavy atom. The summed E-state index contributed by atoms with van der Waals surface area (Å²) in [6.45, 7) is -0.953. The Hall–Kier alpha value is -6.61. The lowest BCUT2D eigenvalue weighted by atomic mass is 9.91. The van der Waals surface area contributed by atoms with E-state index >= 15 is 13.2 Å². The second kappa shape index (κ2) is 15.3. The van der Waals surface area contributed by atoms with Crippen LogP contribution in [-0.2, 0) is 18.9 Å². The molecule has 0 radical (unpaired) electrons. The van der Waals surface area contributed by atoms with E-state index in [-0.39, 0.29) is 28.1 Å². The SMILES string of the molecule is O=C(Nc1ccn([C@@H]2O[C@H](COC(=O)c3ccccc3)C(OC(=O)c3ccccc3)[C@]2(OC(=O)c2ccccc2)C(F)(F)F)c(=O)n1)c1ccccc1. The van der Waals surface area contributed by atoms with Gasteiger partial charge in [-0.1, -0.05) is 72.8 Å². The first kappa shape index (κ1) is 36.2. The van der Waals surface area contributed by atoms with E-state index in [1.807, 2.05) is 0 Å². The summed E-state index contributed by atoms with van der Waals surface area (Å²) in [5, 5.41) is 2.39. The van der Waals surface area contributed by atoms with Crippen molar-refractivity contribution in [3.05, 3.63) is 166 Å². The van der Waals surface area contributed by atoms with Crippen LogP contribution < -0.4 is 11.0 Å². The lowest BCUT2D eigenvalue weighted by Crippen LogP contribution is -2.62. The van der Waals surface area contributed by atoms with Gasteiger partial charge in [0.2, 0.25) is 0 Å². The van der Waals surface area contributed by atoms with Crippen molar-refractivity contribution in [1.82, 2.24) is 9.55 Å². The summed E-state index contributed by atoms with van der Waals surface area (Å²) < 4.78 is 70.0. The smallest absolute Gasteiger partial charge is 0.436 e. The van der Waals surface area contributed by atoms with Gasteiger partial charge in [0.05, 0.1) is 16.7 Å². The van der Waals surface area contributed by atoms with Gasteiger partial charge in [-0.2, -0.15) is 18.2 Å². The van der Waals surface area contributed by atoms with Gasteiger partial charge in [-0.15, -0.1) is 0 Å². The Bertz CT molecular complexity index is 2150. The van der Waals surface area contributed by atoms with E-state index < -0.39 is 66.3 Å². The fraction of sp³-hybridized carbons (Fsp3) is 0.158. The molecule has 1 aromatic heterocycles. The van der Waals surface area contributed by atoms with E-state index in [1.54, 1.807) is 30.3 Å². The standard InChI is InChI=1S/C38H28F3N3O9/c39-38(40,41)37(53-34(48)27-19-11-4-12-20-27)30(52-33(47)26-17-9-3-10-18-26)28(23-50-32(46)25-15-7-2-8-16-25)51-35(37)44-22-21-29(43-36(44)49)42-31(45)24-13-5-1-6-14-24/h1-22,28,30,35H,23H2,(H,42,43,45,49)/t28-,30?,35-,37-/m1/s1. The van der Waals surface area contributed by atoms with Crippen molar-refractivity contribution < 1.29 is 51.3 Å². The largest absolute Gasteiger partial charge is 0.459 e. The molecule has 4 aromatic carbocycles. The van der Waals surface area contributed by atoms with Gasteiger partial charge < -0.3 is 24.3 Å². The molecule has 270 valence electrons. The van der Waals surface area contributed by atoms with Crippen LogP contribution in [0.15, 0.2) is 138 Å². The predicted molar refractivity (Wildman–Crippen MR) is 180 cm³/mol. The molecule has 6 rings (SSSR count). The summed E-state index contributed by atoms with van der Waals surface area (Å²) in [6, 6.07) is 30.1. The van der Waals surface area contributed by atoms with E-state index in [2.05, 4.69) is 10.3 Å². The number of amides is 1. The highest BCUT2D eigenvalue weighted by molar-refractivity contribution is 6.03. The van der Waals surface area contributed by atoms with Gasteiger partial charge in [0, 0.05) is 11.8 Å². The molecule has 0 saturated carbocycles. The summed E-state index contributed by atoms with van der Waals surface area (Å²) in [5.41, 5.74) is -5.55. The second-order valence-electron chi connectivity index (χ2n) is 11.6. The number of hydrogen-bond donors (Lipinski definition) is 1. The van der Waals surface area contributed by atoms with Gasteiger partial charge in [0.15, 0.2) is 12.3 Å². The van der Waals surface area contributed by atoms with Crippen LogP contribution in [0.25, 0.3) is 0 Å². The Morgan fingerprint density at radius 3 is 1.72 bits per heavy atom. The third-order valence-electron chi connectivity index (χ3n) is 8.14. The Kier molecular flexibility index (Phi) is 10.5. The quantitative estimate of drug-likeness (QED) is 0.142. The third-order valence-corrected chi connectivity index (χ3v) is 8.14. The first-order chi connectivity index (χ1) is 25.5. The highest BCUT2D eigenvalue weighted by Crippen LogP contribution is 2.52. The highest BCUT2D eigenvalue weighted by atomic mass is 19.4. The number of benzene rings is 4. The van der Waals surface area contributed by atoms with Gasteiger partial charge in [0.1, 0.15) is 18.5 Å². The normalized spacial score (nSPS) is 19.5. The molecule has 2 heterocycles. The van der Waals surface area contributed by atoms with Gasteiger partial charge >= 0.3 is 29.8 Å². The average Bonchev–Trinajstić information content (AvgIpc) is 3.48. The molecule has 1 aliphatic heterocycles. The molecule has 1 N–H and O–H groups in total. The highest BCUT2D eigenvalue weighted by Gasteiger charge is 2.76. The van der Waals surface area contributed by atoms with Crippen LogP contribution >= 0.6 is 0 Å². The van der Waals surface area contributed by atoms with E-state index in [0.29, 0.717) is 4.57 Å². The number of nitrogens with one attached hydrogen (secondary N) is 1. The maximum atomic E-state index is 15.9. The number of carbonyl (C=O) groups is 4. The maximum Gasteiger partial charge on any atom is 0.436 e. The molecule has 1 saturated heterocycles. The van der Waals surface area contributed by atoms with Gasteiger partial charge in [-0.05, 0) is 54.6 Å². The zero-order chi connectivity index (χ0) is 37.6. The Balaban J connectivity index is 1.45. The number of esters is 3. The molecule has 0 bridgehead atoms. The first-order valence-electron chi connectivity index (χ1n) is 15.9. The first-order valence-corrected chi connectivity index (χ1v) is 15.9. The minimum Gasteiger partial charge on any atom is -0.459 e. The topological polar surface area (TPSA) is 152 Å². The minimum atomic E-state index is -5.64. The van der Waals surface area contributed by atoms with E-state index in [4.69, 9.17) is 18.9 Å². The number of hydrogen-bond acceptors (Lipinski definition) is 10. The number of carbonyl (C=O) groups excluding carboxylic acids is 4. The molecule has 53 heavy (non-hydrogen) atoms. The summed E-state index contributed by atoms with van der Waals surface area (Å²) in [6.07, 6.45) is -12.0. The Labute approximate surface area is 298 Å². The molecule has 1 unspecified atom stereocenters. The van der Waals surface area contributed by atoms with Crippen molar-refractivity contribution in [3.63, 3.8) is 0 Å². The van der Waals surface area contributed by atoms with Crippen molar-refractivity contribution in [1.29, 1.82) is 0 Å². The lowest BCUT2D eigenvalue weighted by Gasteiger charge is -2.38. The van der Waals surface area contributed by atoms with Gasteiger partial charge in [-0.25, -0.2) is 19.2 Å². The van der Waals surface area contributed by atoms with Crippen LogP contribution in [0.1, 0.15) is 47.7 Å². The van der Waals surface area contributed by atoms with Gasteiger partial charge in [0.25, 0.3) is 11.5 Å². The molecule has 0 spiro atoms. The predicted octanol–water partition coefficient (Wildman–Crippen LogP) is 5.63. The monoisotopic (exact) mass is 727 g/mol. The van der Waals surface area contributed by atoms with Crippen molar-refractivity contribution in [2.75, 3.05) is 11.9 Å². The molecular formula is C38H28F3N3O9. The molecule has 1 aliphatic rings. The molecule has 0 aliphatic carbocycles. The molecule has 1 amide bonds. The van der Waals surface area contributed by atoms with Crippen LogP contribution in [0.5, 0.6) is 0 Å². The van der Waals surface area contributed by atoms with Crippen LogP contribution in [0.3, 0.4) is 0 Å². The fourth-order valence-corrected chi connectivity index (χ4v) is 5.58. The number of rotatable bonds is 10. The van der Waals surface area contributed by atoms with Crippen molar-refractivity contribution in [2.24, 2.45) is 0 Å². The number of ether oxygens (including phenoxy) is 4.